The Kier molecular flexibility index (Phi) is 16.2. The number of unbranched alkanes of at least 4 members (excludes halogenated alkanes) is 9. The van der Waals surface area contributed by atoms with Crippen LogP contribution in [-0.4, -0.2) is 50.2 Å². The van der Waals surface area contributed by atoms with Crippen molar-refractivity contribution in [2.24, 2.45) is 0 Å². The van der Waals surface area contributed by atoms with Crippen molar-refractivity contribution >= 4 is 34.9 Å². The maximum absolute atomic E-state index is 14.1. The van der Waals surface area contributed by atoms with Crippen LogP contribution in [0.1, 0.15) is 116 Å². The molecule has 3 aromatic carbocycles. The van der Waals surface area contributed by atoms with Gasteiger partial charge in [-0.05, 0) is 42.7 Å². The second-order valence-corrected chi connectivity index (χ2v) is 13.3. The van der Waals surface area contributed by atoms with Crippen LogP contribution in [0.15, 0.2) is 77.6 Å². The first-order chi connectivity index (χ1) is 25.7. The Bertz CT molecular complexity index is 1850. The van der Waals surface area contributed by atoms with Crippen LogP contribution in [0, 0.1) is 0 Å². The van der Waals surface area contributed by atoms with Gasteiger partial charge in [-0.3, -0.25) is 14.2 Å². The fourth-order valence-corrected chi connectivity index (χ4v) is 6.19. The molecule has 0 saturated carbocycles. The van der Waals surface area contributed by atoms with Crippen molar-refractivity contribution < 1.29 is 34.1 Å². The van der Waals surface area contributed by atoms with Gasteiger partial charge in [0, 0.05) is 5.56 Å². The number of ketones is 1. The number of anilines is 1. The lowest BCUT2D eigenvalue weighted by Crippen LogP contribution is -2.39. The number of carbonyl (C=O) groups excluding carboxylic acids is 3. The first-order valence-corrected chi connectivity index (χ1v) is 18.8. The van der Waals surface area contributed by atoms with Crippen LogP contribution in [0.3, 0.4) is 0 Å². The molecule has 11 nitrogen and oxygen atoms in total. The van der Waals surface area contributed by atoms with Gasteiger partial charge in [0.2, 0.25) is 0 Å². The molecule has 0 bridgehead atoms. The van der Waals surface area contributed by atoms with Gasteiger partial charge in [-0.25, -0.2) is 14.2 Å². The summed E-state index contributed by atoms with van der Waals surface area (Å²) in [5, 5.41) is 23.6. The molecule has 0 radical (unpaired) electrons. The zero-order chi connectivity index (χ0) is 38.2. The molecule has 1 amide bonds. The summed E-state index contributed by atoms with van der Waals surface area (Å²) in [5.74, 6) is -3.36. The number of halogens is 1. The molecule has 1 unspecified atom stereocenters. The number of benzene rings is 3. The maximum Gasteiger partial charge on any atom is 0.338 e. The molecule has 4 aromatic rings. The summed E-state index contributed by atoms with van der Waals surface area (Å²) >= 11 is 6.45. The van der Waals surface area contributed by atoms with Crippen molar-refractivity contribution in [2.45, 2.75) is 97.2 Å². The number of nitrogens with zero attached hydrogens (tertiary/aromatic N) is 2. The number of carbonyl (C=O) groups is 3. The zero-order valence-corrected chi connectivity index (χ0v) is 31.3. The van der Waals surface area contributed by atoms with Crippen molar-refractivity contribution in [2.75, 3.05) is 18.5 Å². The molecule has 284 valence electrons. The van der Waals surface area contributed by atoms with E-state index in [0.717, 1.165) is 30.3 Å². The lowest BCUT2D eigenvalue weighted by atomic mass is 10.0. The number of nitrogens with one attached hydrogen (secondary N) is 1. The minimum absolute atomic E-state index is 0.000213. The molecule has 0 aliphatic carbocycles. The third-order valence-corrected chi connectivity index (χ3v) is 9.26. The van der Waals surface area contributed by atoms with Crippen LogP contribution in [-0.2, 0) is 22.7 Å². The molecule has 4 rings (SSSR count). The van der Waals surface area contributed by atoms with Gasteiger partial charge in [-0.2, -0.15) is 0 Å². The Morgan fingerprint density at radius 2 is 1.43 bits per heavy atom. The molecule has 0 fully saturated rings. The van der Waals surface area contributed by atoms with E-state index in [4.69, 9.17) is 21.1 Å². The molecule has 3 N–H and O–H groups in total. The lowest BCUT2D eigenvalue weighted by Gasteiger charge is -2.18. The number of Topliss-reactive ketones (excluding diaryl/α,β-unsaturated/α-hetero) is 1. The van der Waals surface area contributed by atoms with E-state index < -0.39 is 35.3 Å². The van der Waals surface area contributed by atoms with Gasteiger partial charge < -0.3 is 25.0 Å². The maximum atomic E-state index is 14.1. The molecule has 12 heteroatoms. The Labute approximate surface area is 315 Å². The second-order valence-electron chi connectivity index (χ2n) is 12.9. The van der Waals surface area contributed by atoms with Crippen molar-refractivity contribution in [3.8, 4) is 11.8 Å². The van der Waals surface area contributed by atoms with E-state index >= 15 is 0 Å². The fraction of sp³-hybridized carbons (Fsp3) is 0.415. The van der Waals surface area contributed by atoms with Crippen LogP contribution in [0.4, 0.5) is 5.69 Å². The van der Waals surface area contributed by atoms with Gasteiger partial charge in [0.1, 0.15) is 0 Å². The number of aromatic hydroxyl groups is 1. The predicted molar refractivity (Wildman–Crippen MR) is 205 cm³/mol. The third-order valence-electron chi connectivity index (χ3n) is 8.93. The van der Waals surface area contributed by atoms with Crippen LogP contribution >= 0.6 is 11.6 Å². The number of hydrogen-bond donors (Lipinski definition) is 3. The van der Waals surface area contributed by atoms with E-state index in [1.165, 1.54) is 81.0 Å². The Hall–Kier alpha value is -4.87. The number of esters is 1. The highest BCUT2D eigenvalue weighted by molar-refractivity contribution is 6.34. The monoisotopic (exact) mass is 747 g/mol. The van der Waals surface area contributed by atoms with Crippen LogP contribution < -0.4 is 15.7 Å². The highest BCUT2D eigenvalue weighted by atomic mass is 35.5. The van der Waals surface area contributed by atoms with Crippen molar-refractivity contribution in [1.29, 1.82) is 0 Å². The molecule has 0 saturated heterocycles. The smallest absolute Gasteiger partial charge is 0.338 e. The molecule has 1 aromatic heterocycles. The molecule has 53 heavy (non-hydrogen) atoms. The summed E-state index contributed by atoms with van der Waals surface area (Å²) in [7, 11) is 0. The fourth-order valence-electron chi connectivity index (χ4n) is 6.02. The Morgan fingerprint density at radius 3 is 2.06 bits per heavy atom. The topological polar surface area (TPSA) is 149 Å². The minimum atomic E-state index is -1.93. The summed E-state index contributed by atoms with van der Waals surface area (Å²) in [4.78, 5) is 55.2. The molecular weight excluding hydrogens is 698 g/mol. The van der Waals surface area contributed by atoms with Gasteiger partial charge in [0.25, 0.3) is 17.7 Å². The number of imidazole rings is 1. The normalized spacial score (nSPS) is 11.6. The average Bonchev–Trinajstić information content (AvgIpc) is 3.38. The first kappa shape index (κ1) is 40.9. The summed E-state index contributed by atoms with van der Waals surface area (Å²) in [6, 6.07) is 17.1. The van der Waals surface area contributed by atoms with E-state index in [9.17, 15) is 29.4 Å². The zero-order valence-electron chi connectivity index (χ0n) is 30.5. The highest BCUT2D eigenvalue weighted by Gasteiger charge is 2.37. The van der Waals surface area contributed by atoms with E-state index in [0.29, 0.717) is 15.7 Å². The largest absolute Gasteiger partial charge is 0.491 e. The van der Waals surface area contributed by atoms with Gasteiger partial charge in [0.05, 0.1) is 42.6 Å². The Morgan fingerprint density at radius 1 is 0.811 bits per heavy atom. The molecule has 0 aliphatic rings. The molecular formula is C41H50ClN3O8. The van der Waals surface area contributed by atoms with Gasteiger partial charge in [-0.1, -0.05) is 131 Å². The molecule has 0 spiro atoms. The number of aromatic nitrogens is 2. The number of ether oxygens (including phenoxy) is 2. The van der Waals surface area contributed by atoms with E-state index in [1.54, 1.807) is 31.2 Å². The first-order valence-electron chi connectivity index (χ1n) is 18.4. The quantitative estimate of drug-likeness (QED) is 0.0316. The van der Waals surface area contributed by atoms with E-state index in [-0.39, 0.29) is 54.1 Å². The van der Waals surface area contributed by atoms with Crippen molar-refractivity contribution in [3.63, 3.8) is 0 Å². The minimum Gasteiger partial charge on any atom is -0.491 e. The number of hydrogen-bond acceptors (Lipinski definition) is 8. The lowest BCUT2D eigenvalue weighted by molar-refractivity contribution is -0.118. The van der Waals surface area contributed by atoms with Crippen LogP contribution in [0.2, 0.25) is 5.02 Å². The van der Waals surface area contributed by atoms with Crippen molar-refractivity contribution in [3.05, 3.63) is 111 Å². The predicted octanol–water partition coefficient (Wildman–Crippen LogP) is 8.09. The SMILES string of the molecule is CCCCCCCCCCCCOC(=O)c1ccc(Cl)c(NC(=O)C(C(=O)c2ccc(CO)cc2)n2c(O)c(OCC)n(Cc3ccccc3)c2=O)c1. The number of aliphatic hydroxyl groups excluding tert-OH is 1. The van der Waals surface area contributed by atoms with E-state index in [2.05, 4.69) is 12.2 Å². The van der Waals surface area contributed by atoms with Crippen molar-refractivity contribution in [1.82, 2.24) is 9.13 Å². The summed E-state index contributed by atoms with van der Waals surface area (Å²) in [6.07, 6.45) is 11.5. The summed E-state index contributed by atoms with van der Waals surface area (Å²) in [6.45, 7) is 3.92. The van der Waals surface area contributed by atoms with Gasteiger partial charge in [-0.15, -0.1) is 0 Å². The summed E-state index contributed by atoms with van der Waals surface area (Å²) in [5.41, 5.74) is 0.539. The number of amides is 1. The number of rotatable bonds is 22. The van der Waals surface area contributed by atoms with Gasteiger partial charge in [0.15, 0.2) is 11.8 Å². The summed E-state index contributed by atoms with van der Waals surface area (Å²) < 4.78 is 13.0. The van der Waals surface area contributed by atoms with Crippen LogP contribution in [0.5, 0.6) is 11.8 Å². The second kappa shape index (κ2) is 21.0. The third kappa shape index (κ3) is 11.3. The molecule has 0 aliphatic heterocycles. The molecule has 1 heterocycles. The standard InChI is InChI=1S/C41H50ClN3O8/c1-3-5-6-7-8-9-10-11-12-16-25-53-40(50)32-23-24-33(42)34(26-32)43-37(48)35(36(47)31-21-19-30(28-46)20-22-31)45-38(49)39(52-4-2)44(41(45)51)27-29-17-14-13-15-18-29/h13-15,17-24,26,35,46,49H,3-12,16,25,27-28H2,1-2H3,(H,43,48). The van der Waals surface area contributed by atoms with E-state index in [1.807, 2.05) is 6.07 Å². The Balaban J connectivity index is 1.55. The van der Waals surface area contributed by atoms with Gasteiger partial charge >= 0.3 is 11.7 Å². The van der Waals surface area contributed by atoms with Crippen LogP contribution in [0.25, 0.3) is 0 Å². The number of aliphatic hydroxyl groups is 1. The average molecular weight is 748 g/mol. The molecule has 1 atom stereocenters. The highest BCUT2D eigenvalue weighted by Crippen LogP contribution is 2.32.